The first-order valence-electron chi connectivity index (χ1n) is 4.54. The molecule has 1 aliphatic rings. The summed E-state index contributed by atoms with van der Waals surface area (Å²) >= 11 is 1.53. The number of fused-ring (bicyclic) bond motifs is 3. The van der Waals surface area contributed by atoms with Crippen LogP contribution in [0.2, 0.25) is 0 Å². The molecule has 0 saturated heterocycles. The van der Waals surface area contributed by atoms with Gasteiger partial charge in [-0.2, -0.15) is 0 Å². The predicted molar refractivity (Wildman–Crippen MR) is 54.2 cm³/mol. The van der Waals surface area contributed by atoms with Gasteiger partial charge in [0.25, 0.3) is 0 Å². The Kier molecular flexibility index (Phi) is 1.70. The average Bonchev–Trinajstić information content (AvgIpc) is 2.82. The number of carboxylic acid groups (broad SMARTS) is 1. The van der Waals surface area contributed by atoms with Crippen LogP contribution in [0.15, 0.2) is 16.0 Å². The van der Waals surface area contributed by atoms with Crippen molar-refractivity contribution < 1.29 is 14.3 Å². The van der Waals surface area contributed by atoms with Gasteiger partial charge in [0.2, 0.25) is 5.76 Å². The fourth-order valence-corrected chi connectivity index (χ4v) is 2.69. The van der Waals surface area contributed by atoms with Gasteiger partial charge in [-0.15, -0.1) is 11.3 Å². The Balaban J connectivity index is 2.20. The van der Waals surface area contributed by atoms with Gasteiger partial charge in [-0.1, -0.05) is 0 Å². The van der Waals surface area contributed by atoms with Crippen LogP contribution in [0.3, 0.4) is 0 Å². The van der Waals surface area contributed by atoms with Crippen LogP contribution in [0.4, 0.5) is 0 Å². The number of carboxylic acids is 1. The van der Waals surface area contributed by atoms with Gasteiger partial charge in [-0.3, -0.25) is 0 Å². The van der Waals surface area contributed by atoms with Crippen LogP contribution >= 0.6 is 11.3 Å². The van der Waals surface area contributed by atoms with Crippen molar-refractivity contribution in [2.45, 2.75) is 12.8 Å². The van der Waals surface area contributed by atoms with E-state index in [0.717, 1.165) is 34.7 Å². The second-order valence-corrected chi connectivity index (χ2v) is 4.24. The number of aryl methyl sites for hydroxylation is 2. The van der Waals surface area contributed by atoms with Gasteiger partial charge in [0.15, 0.2) is 0 Å². The highest BCUT2D eigenvalue weighted by Gasteiger charge is 2.24. The number of hydrogen-bond donors (Lipinski definition) is 1. The minimum atomic E-state index is -1.02. The third-order valence-electron chi connectivity index (χ3n) is 2.49. The largest absolute Gasteiger partial charge is 0.475 e. The highest BCUT2D eigenvalue weighted by molar-refractivity contribution is 7.13. The third-order valence-corrected chi connectivity index (χ3v) is 3.40. The minimum Gasteiger partial charge on any atom is -0.475 e. The summed E-state index contributed by atoms with van der Waals surface area (Å²) in [6.07, 6.45) is 1.57. The summed E-state index contributed by atoms with van der Waals surface area (Å²) in [5.41, 5.74) is 3.73. The SMILES string of the molecule is O=C(O)c1cc2c(o1)CCc1ncsc1-2. The van der Waals surface area contributed by atoms with Crippen molar-refractivity contribution in [2.75, 3.05) is 0 Å². The highest BCUT2D eigenvalue weighted by atomic mass is 32.1. The Labute approximate surface area is 89.2 Å². The monoisotopic (exact) mass is 221 g/mol. The smallest absolute Gasteiger partial charge is 0.371 e. The lowest BCUT2D eigenvalue weighted by molar-refractivity contribution is 0.0660. The van der Waals surface area contributed by atoms with E-state index in [-0.39, 0.29) is 5.76 Å². The van der Waals surface area contributed by atoms with E-state index in [0.29, 0.717) is 0 Å². The molecule has 2 aromatic rings. The highest BCUT2D eigenvalue weighted by Crippen LogP contribution is 2.37. The molecule has 4 nitrogen and oxygen atoms in total. The van der Waals surface area contributed by atoms with Crippen LogP contribution in [0.25, 0.3) is 10.4 Å². The molecule has 0 saturated carbocycles. The average molecular weight is 221 g/mol. The molecule has 1 N–H and O–H groups in total. The number of furan rings is 1. The second kappa shape index (κ2) is 2.93. The van der Waals surface area contributed by atoms with Crippen LogP contribution in [-0.4, -0.2) is 16.1 Å². The quantitative estimate of drug-likeness (QED) is 0.801. The Hall–Kier alpha value is -1.62. The first-order valence-corrected chi connectivity index (χ1v) is 5.42. The third kappa shape index (κ3) is 1.20. The number of nitrogens with zero attached hydrogens (tertiary/aromatic N) is 1. The van der Waals surface area contributed by atoms with Gasteiger partial charge in [0.05, 0.1) is 16.1 Å². The summed E-state index contributed by atoms with van der Waals surface area (Å²) in [6, 6.07) is 1.59. The number of aromatic nitrogens is 1. The van der Waals surface area contributed by atoms with Crippen LogP contribution in [0.1, 0.15) is 22.0 Å². The first-order chi connectivity index (χ1) is 7.25. The zero-order valence-electron chi connectivity index (χ0n) is 7.69. The van der Waals surface area contributed by atoms with Gasteiger partial charge in [0.1, 0.15) is 5.76 Å². The molecule has 1 aliphatic carbocycles. The maximum Gasteiger partial charge on any atom is 0.371 e. The van der Waals surface area contributed by atoms with E-state index in [9.17, 15) is 4.79 Å². The van der Waals surface area contributed by atoms with Crippen molar-refractivity contribution >= 4 is 17.3 Å². The number of aromatic carboxylic acids is 1. The Morgan fingerprint density at radius 1 is 1.53 bits per heavy atom. The fraction of sp³-hybridized carbons (Fsp3) is 0.200. The van der Waals surface area contributed by atoms with Crippen LogP contribution in [-0.2, 0) is 12.8 Å². The van der Waals surface area contributed by atoms with E-state index < -0.39 is 5.97 Å². The molecular formula is C10H7NO3S. The molecule has 76 valence electrons. The topological polar surface area (TPSA) is 63.3 Å². The first kappa shape index (κ1) is 8.67. The Bertz CT molecular complexity index is 541. The molecule has 0 amide bonds. The molecule has 0 bridgehead atoms. The van der Waals surface area contributed by atoms with Crippen LogP contribution in [0.5, 0.6) is 0 Å². The molecular weight excluding hydrogens is 214 g/mol. The summed E-state index contributed by atoms with van der Waals surface area (Å²) < 4.78 is 5.27. The normalized spacial score (nSPS) is 13.3. The molecule has 2 heterocycles. The lowest BCUT2D eigenvalue weighted by Crippen LogP contribution is -1.99. The fourth-order valence-electron chi connectivity index (χ4n) is 1.81. The second-order valence-electron chi connectivity index (χ2n) is 3.38. The molecule has 3 rings (SSSR count). The van der Waals surface area contributed by atoms with E-state index >= 15 is 0 Å². The zero-order chi connectivity index (χ0) is 10.4. The molecule has 0 spiro atoms. The van der Waals surface area contributed by atoms with Crippen molar-refractivity contribution in [2.24, 2.45) is 0 Å². The maximum absolute atomic E-state index is 10.8. The number of hydrogen-bond acceptors (Lipinski definition) is 4. The molecule has 5 heteroatoms. The van der Waals surface area contributed by atoms with Crippen molar-refractivity contribution in [3.8, 4) is 10.4 Å². The van der Waals surface area contributed by atoms with Crippen molar-refractivity contribution in [1.82, 2.24) is 4.98 Å². The van der Waals surface area contributed by atoms with Gasteiger partial charge >= 0.3 is 5.97 Å². The molecule has 0 aliphatic heterocycles. The lowest BCUT2D eigenvalue weighted by Gasteiger charge is -2.07. The van der Waals surface area contributed by atoms with Crippen molar-refractivity contribution in [3.05, 3.63) is 28.8 Å². The van der Waals surface area contributed by atoms with Crippen molar-refractivity contribution in [3.63, 3.8) is 0 Å². The molecule has 0 radical (unpaired) electrons. The molecule has 0 fully saturated rings. The maximum atomic E-state index is 10.8. The summed E-state index contributed by atoms with van der Waals surface area (Å²) in [6.45, 7) is 0. The number of thiazole rings is 1. The van der Waals surface area contributed by atoms with E-state index in [1.165, 1.54) is 11.3 Å². The van der Waals surface area contributed by atoms with Crippen LogP contribution < -0.4 is 0 Å². The molecule has 2 aromatic heterocycles. The van der Waals surface area contributed by atoms with Gasteiger partial charge in [0, 0.05) is 18.1 Å². The van der Waals surface area contributed by atoms with Gasteiger partial charge in [-0.25, -0.2) is 9.78 Å². The number of carbonyl (C=O) groups is 1. The molecule has 0 unspecified atom stereocenters. The Morgan fingerprint density at radius 3 is 3.20 bits per heavy atom. The standard InChI is InChI=1S/C10H7NO3S/c12-10(13)8-3-5-7(14-8)2-1-6-9(5)15-4-11-6/h3-4H,1-2H2,(H,12,13). The molecule has 0 aromatic carbocycles. The zero-order valence-corrected chi connectivity index (χ0v) is 8.50. The molecule has 0 atom stereocenters. The number of rotatable bonds is 1. The summed E-state index contributed by atoms with van der Waals surface area (Å²) in [5, 5.41) is 8.83. The van der Waals surface area contributed by atoms with Crippen LogP contribution in [0, 0.1) is 0 Å². The predicted octanol–water partition coefficient (Wildman–Crippen LogP) is 2.20. The van der Waals surface area contributed by atoms with Gasteiger partial charge < -0.3 is 9.52 Å². The van der Waals surface area contributed by atoms with E-state index in [1.54, 1.807) is 11.6 Å². The van der Waals surface area contributed by atoms with E-state index in [2.05, 4.69) is 4.98 Å². The molecule has 15 heavy (non-hydrogen) atoms. The van der Waals surface area contributed by atoms with E-state index in [4.69, 9.17) is 9.52 Å². The van der Waals surface area contributed by atoms with E-state index in [1.807, 2.05) is 0 Å². The van der Waals surface area contributed by atoms with Crippen molar-refractivity contribution in [1.29, 1.82) is 0 Å². The summed E-state index contributed by atoms with van der Waals surface area (Å²) in [7, 11) is 0. The Morgan fingerprint density at radius 2 is 2.40 bits per heavy atom. The van der Waals surface area contributed by atoms with Gasteiger partial charge in [-0.05, 0) is 6.42 Å². The minimum absolute atomic E-state index is 0.0150. The summed E-state index contributed by atoms with van der Waals surface area (Å²) in [4.78, 5) is 16.1. The summed E-state index contributed by atoms with van der Waals surface area (Å²) in [5.74, 6) is -0.235. The lowest BCUT2D eigenvalue weighted by atomic mass is 10.0.